The SMILES string of the molecule is Cc1ncc(N2CCNCC2)c(-c2cccc(O)c2)n1. The van der Waals surface area contributed by atoms with E-state index in [4.69, 9.17) is 0 Å². The molecule has 0 atom stereocenters. The third kappa shape index (κ3) is 2.58. The Bertz CT molecular complexity index is 609. The fraction of sp³-hybridized carbons (Fsp3) is 0.333. The maximum atomic E-state index is 9.68. The second-order valence-electron chi connectivity index (χ2n) is 4.94. The number of nitrogens with one attached hydrogen (secondary N) is 1. The number of aromatic nitrogens is 2. The smallest absolute Gasteiger partial charge is 0.126 e. The van der Waals surface area contributed by atoms with Crippen molar-refractivity contribution in [3.8, 4) is 17.0 Å². The van der Waals surface area contributed by atoms with Crippen LogP contribution in [0.5, 0.6) is 5.75 Å². The zero-order valence-electron chi connectivity index (χ0n) is 11.5. The van der Waals surface area contributed by atoms with Crippen molar-refractivity contribution in [2.24, 2.45) is 0 Å². The van der Waals surface area contributed by atoms with Gasteiger partial charge < -0.3 is 15.3 Å². The van der Waals surface area contributed by atoms with E-state index in [1.807, 2.05) is 25.3 Å². The van der Waals surface area contributed by atoms with Crippen molar-refractivity contribution in [2.75, 3.05) is 31.1 Å². The largest absolute Gasteiger partial charge is 0.508 e. The lowest BCUT2D eigenvalue weighted by molar-refractivity contribution is 0.475. The molecule has 20 heavy (non-hydrogen) atoms. The quantitative estimate of drug-likeness (QED) is 0.867. The minimum atomic E-state index is 0.255. The first-order chi connectivity index (χ1) is 9.74. The number of phenols is 1. The molecular formula is C15H18N4O. The Balaban J connectivity index is 2.06. The van der Waals surface area contributed by atoms with Crippen LogP contribution in [0.25, 0.3) is 11.3 Å². The molecule has 1 aromatic carbocycles. The molecule has 0 unspecified atom stereocenters. The highest BCUT2D eigenvalue weighted by molar-refractivity contribution is 5.75. The van der Waals surface area contributed by atoms with Crippen LogP contribution in [0.1, 0.15) is 5.82 Å². The molecule has 2 N–H and O–H groups in total. The lowest BCUT2D eigenvalue weighted by Gasteiger charge is -2.30. The Kier molecular flexibility index (Phi) is 3.52. The van der Waals surface area contributed by atoms with Gasteiger partial charge in [-0.2, -0.15) is 0 Å². The summed E-state index contributed by atoms with van der Waals surface area (Å²) >= 11 is 0. The van der Waals surface area contributed by atoms with Crippen LogP contribution in [-0.2, 0) is 0 Å². The van der Waals surface area contributed by atoms with Gasteiger partial charge in [-0.3, -0.25) is 0 Å². The normalized spacial score (nSPS) is 15.3. The molecule has 1 aromatic heterocycles. The summed E-state index contributed by atoms with van der Waals surface area (Å²) in [4.78, 5) is 11.2. The number of aromatic hydroxyl groups is 1. The number of nitrogens with zero attached hydrogens (tertiary/aromatic N) is 3. The molecule has 0 radical (unpaired) electrons. The molecule has 3 rings (SSSR count). The first-order valence-electron chi connectivity index (χ1n) is 6.83. The van der Waals surface area contributed by atoms with Gasteiger partial charge in [0.05, 0.1) is 17.6 Å². The fourth-order valence-electron chi connectivity index (χ4n) is 2.47. The van der Waals surface area contributed by atoms with Crippen molar-refractivity contribution in [3.63, 3.8) is 0 Å². The molecule has 2 aromatic rings. The van der Waals surface area contributed by atoms with E-state index in [9.17, 15) is 5.11 Å². The van der Waals surface area contributed by atoms with Crippen molar-refractivity contribution in [2.45, 2.75) is 6.92 Å². The molecule has 0 aliphatic carbocycles. The van der Waals surface area contributed by atoms with E-state index in [1.54, 1.807) is 12.1 Å². The van der Waals surface area contributed by atoms with E-state index in [0.29, 0.717) is 0 Å². The molecule has 1 fully saturated rings. The third-order valence-electron chi connectivity index (χ3n) is 3.47. The minimum absolute atomic E-state index is 0.255. The van der Waals surface area contributed by atoms with E-state index < -0.39 is 0 Å². The lowest BCUT2D eigenvalue weighted by atomic mass is 10.1. The molecule has 104 valence electrons. The Morgan fingerprint density at radius 3 is 2.80 bits per heavy atom. The van der Waals surface area contributed by atoms with E-state index >= 15 is 0 Å². The van der Waals surface area contributed by atoms with E-state index in [2.05, 4.69) is 20.2 Å². The van der Waals surface area contributed by atoms with Crippen LogP contribution in [0.2, 0.25) is 0 Å². The molecular weight excluding hydrogens is 252 g/mol. The molecule has 0 bridgehead atoms. The molecule has 5 nitrogen and oxygen atoms in total. The summed E-state index contributed by atoms with van der Waals surface area (Å²) in [5.41, 5.74) is 2.84. The Labute approximate surface area is 118 Å². The Morgan fingerprint density at radius 2 is 2.05 bits per heavy atom. The summed E-state index contributed by atoms with van der Waals surface area (Å²) in [5, 5.41) is 13.0. The van der Waals surface area contributed by atoms with Gasteiger partial charge in [0, 0.05) is 31.7 Å². The van der Waals surface area contributed by atoms with Crippen LogP contribution in [0.4, 0.5) is 5.69 Å². The lowest BCUT2D eigenvalue weighted by Crippen LogP contribution is -2.43. The average Bonchev–Trinajstić information content (AvgIpc) is 2.48. The summed E-state index contributed by atoms with van der Waals surface area (Å²) in [5.74, 6) is 0.993. The summed E-state index contributed by atoms with van der Waals surface area (Å²) < 4.78 is 0. The predicted molar refractivity (Wildman–Crippen MR) is 79.0 cm³/mol. The molecule has 1 saturated heterocycles. The van der Waals surface area contributed by atoms with Crippen molar-refractivity contribution < 1.29 is 5.11 Å². The monoisotopic (exact) mass is 270 g/mol. The van der Waals surface area contributed by atoms with E-state index in [0.717, 1.165) is 48.9 Å². The highest BCUT2D eigenvalue weighted by atomic mass is 16.3. The molecule has 5 heteroatoms. The number of piperazine rings is 1. The van der Waals surface area contributed by atoms with Gasteiger partial charge in [-0.05, 0) is 19.1 Å². The van der Waals surface area contributed by atoms with Gasteiger partial charge in [0.15, 0.2) is 0 Å². The number of phenolic OH excluding ortho intramolecular Hbond substituents is 1. The van der Waals surface area contributed by atoms with Crippen molar-refractivity contribution in [1.29, 1.82) is 0 Å². The predicted octanol–water partition coefficient (Wildman–Crippen LogP) is 1.57. The van der Waals surface area contributed by atoms with Gasteiger partial charge in [0.1, 0.15) is 11.6 Å². The van der Waals surface area contributed by atoms with Gasteiger partial charge >= 0.3 is 0 Å². The number of benzene rings is 1. The Hall–Kier alpha value is -2.14. The van der Waals surface area contributed by atoms with Crippen molar-refractivity contribution in [3.05, 3.63) is 36.3 Å². The van der Waals surface area contributed by atoms with Crippen LogP contribution in [-0.4, -0.2) is 41.3 Å². The molecule has 1 aliphatic heterocycles. The molecule has 2 heterocycles. The van der Waals surface area contributed by atoms with E-state index in [-0.39, 0.29) is 5.75 Å². The zero-order chi connectivity index (χ0) is 13.9. The van der Waals surface area contributed by atoms with Crippen LogP contribution in [0.3, 0.4) is 0 Å². The van der Waals surface area contributed by atoms with Gasteiger partial charge in [-0.1, -0.05) is 12.1 Å². The van der Waals surface area contributed by atoms with Crippen LogP contribution < -0.4 is 10.2 Å². The van der Waals surface area contributed by atoms with Gasteiger partial charge in [0.2, 0.25) is 0 Å². The molecule has 0 amide bonds. The number of hydrogen-bond acceptors (Lipinski definition) is 5. The van der Waals surface area contributed by atoms with E-state index in [1.165, 1.54) is 0 Å². The Morgan fingerprint density at radius 1 is 1.25 bits per heavy atom. The highest BCUT2D eigenvalue weighted by Gasteiger charge is 2.17. The average molecular weight is 270 g/mol. The van der Waals surface area contributed by atoms with Crippen LogP contribution in [0.15, 0.2) is 30.5 Å². The van der Waals surface area contributed by atoms with Crippen LogP contribution >= 0.6 is 0 Å². The molecule has 0 saturated carbocycles. The molecule has 0 spiro atoms. The van der Waals surface area contributed by atoms with Crippen LogP contribution in [0, 0.1) is 6.92 Å². The number of rotatable bonds is 2. The second kappa shape index (κ2) is 5.46. The van der Waals surface area contributed by atoms with Gasteiger partial charge in [-0.15, -0.1) is 0 Å². The van der Waals surface area contributed by atoms with Crippen molar-refractivity contribution >= 4 is 5.69 Å². The summed E-state index contributed by atoms with van der Waals surface area (Å²) in [6.07, 6.45) is 1.88. The number of anilines is 1. The highest BCUT2D eigenvalue weighted by Crippen LogP contribution is 2.30. The summed E-state index contributed by atoms with van der Waals surface area (Å²) in [7, 11) is 0. The third-order valence-corrected chi connectivity index (χ3v) is 3.47. The first-order valence-corrected chi connectivity index (χ1v) is 6.83. The minimum Gasteiger partial charge on any atom is -0.508 e. The molecule has 1 aliphatic rings. The second-order valence-corrected chi connectivity index (χ2v) is 4.94. The maximum Gasteiger partial charge on any atom is 0.126 e. The number of aryl methyl sites for hydroxylation is 1. The number of hydrogen-bond donors (Lipinski definition) is 2. The summed E-state index contributed by atoms with van der Waals surface area (Å²) in [6.45, 7) is 5.70. The summed E-state index contributed by atoms with van der Waals surface area (Å²) in [6, 6.07) is 7.21. The fourth-order valence-corrected chi connectivity index (χ4v) is 2.47. The van der Waals surface area contributed by atoms with Crippen molar-refractivity contribution in [1.82, 2.24) is 15.3 Å². The zero-order valence-corrected chi connectivity index (χ0v) is 11.5. The maximum absolute atomic E-state index is 9.68. The topological polar surface area (TPSA) is 61.3 Å². The van der Waals surface area contributed by atoms with Gasteiger partial charge in [-0.25, -0.2) is 9.97 Å². The first kappa shape index (κ1) is 12.9. The standard InChI is InChI=1S/C15H18N4O/c1-11-17-10-14(19-7-5-16-6-8-19)15(18-11)12-3-2-4-13(20)9-12/h2-4,9-10,16,20H,5-8H2,1H3. The van der Waals surface area contributed by atoms with Gasteiger partial charge in [0.25, 0.3) is 0 Å².